The van der Waals surface area contributed by atoms with Gasteiger partial charge in [-0.3, -0.25) is 0 Å². The maximum absolute atomic E-state index is 10.9. The summed E-state index contributed by atoms with van der Waals surface area (Å²) in [6.45, 7) is 1.52. The first-order chi connectivity index (χ1) is 6.13. The molecule has 0 aromatic rings. The van der Waals surface area contributed by atoms with Crippen molar-refractivity contribution < 1.29 is 14.6 Å². The van der Waals surface area contributed by atoms with Crippen molar-refractivity contribution in [3.8, 4) is 0 Å². The number of aliphatic hydroxyl groups excluding tert-OH is 1. The molecule has 0 saturated carbocycles. The quantitative estimate of drug-likeness (QED) is 0.577. The van der Waals surface area contributed by atoms with Crippen LogP contribution in [0.5, 0.6) is 0 Å². The van der Waals surface area contributed by atoms with E-state index in [0.29, 0.717) is 13.0 Å². The molecule has 1 aliphatic rings. The molecule has 0 aromatic heterocycles. The highest BCUT2D eigenvalue weighted by atomic mass is 16.5. The number of nitrogens with zero attached hydrogens (tertiary/aromatic N) is 1. The van der Waals surface area contributed by atoms with Crippen molar-refractivity contribution in [3.63, 3.8) is 0 Å². The van der Waals surface area contributed by atoms with Crippen LogP contribution in [-0.4, -0.2) is 55.5 Å². The standard InChI is InChI=1S/C8H16N2O3/c1-10-4-3-7(11)6(5-10)9-8(12)13-2/h6-7,11H,3-5H2,1-2H3,(H,9,12). The number of likely N-dealkylation sites (N-methyl/N-ethyl adjacent to an activating group) is 1. The Morgan fingerprint density at radius 3 is 3.00 bits per heavy atom. The second-order valence-corrected chi connectivity index (χ2v) is 3.36. The summed E-state index contributed by atoms with van der Waals surface area (Å²) in [4.78, 5) is 12.9. The number of hydrogen-bond acceptors (Lipinski definition) is 4. The van der Waals surface area contributed by atoms with Gasteiger partial charge in [0, 0.05) is 13.1 Å². The van der Waals surface area contributed by atoms with Gasteiger partial charge in [0.1, 0.15) is 0 Å². The Bertz CT molecular complexity index is 186. The molecular formula is C8H16N2O3. The van der Waals surface area contributed by atoms with Gasteiger partial charge in [0.25, 0.3) is 0 Å². The molecule has 2 atom stereocenters. The summed E-state index contributed by atoms with van der Waals surface area (Å²) in [6.07, 6.45) is -0.264. The molecule has 0 radical (unpaired) electrons. The third-order valence-corrected chi connectivity index (χ3v) is 2.27. The molecule has 76 valence electrons. The van der Waals surface area contributed by atoms with Gasteiger partial charge in [0.2, 0.25) is 0 Å². The van der Waals surface area contributed by atoms with E-state index in [1.807, 2.05) is 7.05 Å². The number of carbonyl (C=O) groups is 1. The van der Waals surface area contributed by atoms with Crippen LogP contribution in [0.3, 0.4) is 0 Å². The Morgan fingerprint density at radius 1 is 1.69 bits per heavy atom. The second kappa shape index (κ2) is 4.43. The van der Waals surface area contributed by atoms with Crippen LogP contribution in [0.15, 0.2) is 0 Å². The highest BCUT2D eigenvalue weighted by molar-refractivity contribution is 5.67. The highest BCUT2D eigenvalue weighted by Crippen LogP contribution is 2.08. The number of ether oxygens (including phenoxy) is 1. The largest absolute Gasteiger partial charge is 0.453 e. The van der Waals surface area contributed by atoms with E-state index >= 15 is 0 Å². The van der Waals surface area contributed by atoms with Gasteiger partial charge in [-0.15, -0.1) is 0 Å². The maximum atomic E-state index is 10.9. The topological polar surface area (TPSA) is 61.8 Å². The Kier molecular flexibility index (Phi) is 3.50. The molecule has 5 heteroatoms. The normalized spacial score (nSPS) is 29.8. The summed E-state index contributed by atoms with van der Waals surface area (Å²) < 4.78 is 4.46. The van der Waals surface area contributed by atoms with Crippen molar-refractivity contribution in [1.82, 2.24) is 10.2 Å². The van der Waals surface area contributed by atoms with Crippen molar-refractivity contribution >= 4 is 6.09 Å². The number of nitrogens with one attached hydrogen (secondary N) is 1. The molecule has 1 saturated heterocycles. The average Bonchev–Trinajstić information content (AvgIpc) is 2.11. The minimum atomic E-state index is -0.487. The van der Waals surface area contributed by atoms with E-state index in [2.05, 4.69) is 15.0 Å². The molecule has 0 aromatic carbocycles. The number of hydrogen-bond donors (Lipinski definition) is 2. The Morgan fingerprint density at radius 2 is 2.38 bits per heavy atom. The van der Waals surface area contributed by atoms with Crippen LogP contribution in [0.1, 0.15) is 6.42 Å². The van der Waals surface area contributed by atoms with Crippen LogP contribution in [0.25, 0.3) is 0 Å². The maximum Gasteiger partial charge on any atom is 0.407 e. The summed E-state index contributed by atoms with van der Waals surface area (Å²) in [7, 11) is 3.27. The fourth-order valence-electron chi connectivity index (χ4n) is 1.45. The Hall–Kier alpha value is -0.810. The zero-order valence-electron chi connectivity index (χ0n) is 7.99. The molecule has 0 spiro atoms. The van der Waals surface area contributed by atoms with Crippen molar-refractivity contribution in [2.24, 2.45) is 0 Å². The molecule has 13 heavy (non-hydrogen) atoms. The lowest BCUT2D eigenvalue weighted by Gasteiger charge is -2.33. The van der Waals surface area contributed by atoms with Gasteiger partial charge in [-0.25, -0.2) is 4.79 Å². The van der Waals surface area contributed by atoms with Gasteiger partial charge in [0.05, 0.1) is 19.3 Å². The smallest absolute Gasteiger partial charge is 0.407 e. The minimum absolute atomic E-state index is 0.216. The molecular weight excluding hydrogens is 172 g/mol. The van der Waals surface area contributed by atoms with E-state index in [0.717, 1.165) is 6.54 Å². The number of alkyl carbamates (subject to hydrolysis) is 1. The van der Waals surface area contributed by atoms with Gasteiger partial charge < -0.3 is 20.1 Å². The monoisotopic (exact) mass is 188 g/mol. The van der Waals surface area contributed by atoms with Crippen LogP contribution < -0.4 is 5.32 Å². The first kappa shape index (κ1) is 10.3. The van der Waals surface area contributed by atoms with E-state index in [1.54, 1.807) is 0 Å². The molecule has 1 rings (SSSR count). The molecule has 2 unspecified atom stereocenters. The van der Waals surface area contributed by atoms with Crippen molar-refractivity contribution in [2.45, 2.75) is 18.6 Å². The summed E-state index contributed by atoms with van der Waals surface area (Å²) in [6, 6.07) is -0.216. The van der Waals surface area contributed by atoms with E-state index in [4.69, 9.17) is 0 Å². The van der Waals surface area contributed by atoms with Gasteiger partial charge >= 0.3 is 6.09 Å². The molecule has 1 fully saturated rings. The second-order valence-electron chi connectivity index (χ2n) is 3.36. The summed E-state index contributed by atoms with van der Waals surface area (Å²) >= 11 is 0. The van der Waals surface area contributed by atoms with Crippen LogP contribution in [0, 0.1) is 0 Å². The van der Waals surface area contributed by atoms with Crippen LogP contribution >= 0.6 is 0 Å². The molecule has 0 aliphatic carbocycles. The van der Waals surface area contributed by atoms with Crippen LogP contribution in [-0.2, 0) is 4.74 Å². The van der Waals surface area contributed by atoms with E-state index in [1.165, 1.54) is 7.11 Å². The van der Waals surface area contributed by atoms with Crippen molar-refractivity contribution in [2.75, 3.05) is 27.2 Å². The number of amides is 1. The van der Waals surface area contributed by atoms with Crippen LogP contribution in [0.2, 0.25) is 0 Å². The van der Waals surface area contributed by atoms with Gasteiger partial charge in [0.15, 0.2) is 0 Å². The van der Waals surface area contributed by atoms with Crippen molar-refractivity contribution in [3.05, 3.63) is 0 Å². The predicted molar refractivity (Wildman–Crippen MR) is 47.4 cm³/mol. The third kappa shape index (κ3) is 2.86. The Labute approximate surface area is 77.7 Å². The van der Waals surface area contributed by atoms with Gasteiger partial charge in [-0.2, -0.15) is 0 Å². The third-order valence-electron chi connectivity index (χ3n) is 2.27. The highest BCUT2D eigenvalue weighted by Gasteiger charge is 2.27. The number of carbonyl (C=O) groups excluding carboxylic acids is 1. The summed E-state index contributed by atoms with van der Waals surface area (Å²) in [5, 5.41) is 12.1. The average molecular weight is 188 g/mol. The number of piperidine rings is 1. The number of methoxy groups -OCH3 is 1. The molecule has 2 N–H and O–H groups in total. The van der Waals surface area contributed by atoms with Crippen LogP contribution in [0.4, 0.5) is 4.79 Å². The van der Waals surface area contributed by atoms with Crippen molar-refractivity contribution in [1.29, 1.82) is 0 Å². The molecule has 0 bridgehead atoms. The lowest BCUT2D eigenvalue weighted by Crippen LogP contribution is -2.54. The van der Waals surface area contributed by atoms with Gasteiger partial charge in [-0.05, 0) is 13.5 Å². The molecule has 1 heterocycles. The lowest BCUT2D eigenvalue weighted by atomic mass is 10.0. The molecule has 5 nitrogen and oxygen atoms in total. The zero-order valence-corrected chi connectivity index (χ0v) is 7.99. The number of aliphatic hydroxyl groups is 1. The fourth-order valence-corrected chi connectivity index (χ4v) is 1.45. The molecule has 1 amide bonds. The first-order valence-corrected chi connectivity index (χ1v) is 4.34. The lowest BCUT2D eigenvalue weighted by molar-refractivity contribution is 0.0551. The Balaban J connectivity index is 2.41. The zero-order chi connectivity index (χ0) is 9.84. The summed E-state index contributed by atoms with van der Waals surface area (Å²) in [5.74, 6) is 0. The predicted octanol–water partition coefficient (Wildman–Crippen LogP) is -0.593. The minimum Gasteiger partial charge on any atom is -0.453 e. The summed E-state index contributed by atoms with van der Waals surface area (Å²) in [5.41, 5.74) is 0. The van der Waals surface area contributed by atoms with E-state index in [-0.39, 0.29) is 6.04 Å². The first-order valence-electron chi connectivity index (χ1n) is 4.34. The number of likely N-dealkylation sites (tertiary alicyclic amines) is 1. The molecule has 1 aliphatic heterocycles. The number of rotatable bonds is 1. The van der Waals surface area contributed by atoms with Gasteiger partial charge in [-0.1, -0.05) is 0 Å². The SMILES string of the molecule is COC(=O)NC1CN(C)CCC1O. The van der Waals surface area contributed by atoms with E-state index < -0.39 is 12.2 Å². The van der Waals surface area contributed by atoms with E-state index in [9.17, 15) is 9.90 Å². The fraction of sp³-hybridized carbons (Fsp3) is 0.875.